The van der Waals surface area contributed by atoms with Gasteiger partial charge in [0.2, 0.25) is 0 Å². The van der Waals surface area contributed by atoms with Gasteiger partial charge in [-0.15, -0.1) is 0 Å². The molecule has 0 spiro atoms. The zero-order chi connectivity index (χ0) is 9.68. The van der Waals surface area contributed by atoms with Crippen LogP contribution < -0.4 is 0 Å². The van der Waals surface area contributed by atoms with Gasteiger partial charge >= 0.3 is 0 Å². The van der Waals surface area contributed by atoms with Crippen LogP contribution in [-0.4, -0.2) is 5.78 Å². The van der Waals surface area contributed by atoms with Crippen LogP contribution in [0, 0.1) is 0 Å². The van der Waals surface area contributed by atoms with Crippen molar-refractivity contribution in [1.82, 2.24) is 0 Å². The summed E-state index contributed by atoms with van der Waals surface area (Å²) in [5.74, 6) is 0.845. The summed E-state index contributed by atoms with van der Waals surface area (Å²) in [5, 5.41) is 0. The fraction of sp³-hybridized carbons (Fsp3) is 0.182. The number of ketones is 1. The molecule has 2 nitrogen and oxygen atoms in total. The van der Waals surface area contributed by atoms with E-state index in [9.17, 15) is 4.79 Å². The van der Waals surface area contributed by atoms with Gasteiger partial charge < -0.3 is 4.42 Å². The van der Waals surface area contributed by atoms with E-state index in [2.05, 4.69) is 0 Å². The minimum Gasteiger partial charge on any atom is -0.465 e. The fourth-order valence-electron chi connectivity index (χ4n) is 0.895. The molecule has 2 heteroatoms. The molecular weight excluding hydrogens is 164 g/mol. The number of furan rings is 1. The molecule has 1 aromatic heterocycles. The molecule has 68 valence electrons. The molecule has 0 saturated heterocycles. The largest absolute Gasteiger partial charge is 0.465 e. The van der Waals surface area contributed by atoms with Crippen LogP contribution in [0.3, 0.4) is 0 Å². The van der Waals surface area contributed by atoms with Crippen LogP contribution in [0.4, 0.5) is 0 Å². The van der Waals surface area contributed by atoms with Gasteiger partial charge in [0, 0.05) is 0 Å². The van der Waals surface area contributed by atoms with Crippen molar-refractivity contribution < 1.29 is 9.21 Å². The maximum Gasteiger partial charge on any atom is 0.152 e. The second-order valence-electron chi connectivity index (χ2n) is 2.85. The molecule has 13 heavy (non-hydrogen) atoms. The van der Waals surface area contributed by atoms with Crippen molar-refractivity contribution in [2.75, 3.05) is 0 Å². The highest BCUT2D eigenvalue weighted by molar-refractivity contribution is 5.87. The van der Waals surface area contributed by atoms with E-state index in [-0.39, 0.29) is 5.78 Å². The predicted molar refractivity (Wildman–Crippen MR) is 52.2 cm³/mol. The van der Waals surface area contributed by atoms with Crippen molar-refractivity contribution in [3.05, 3.63) is 41.9 Å². The number of carbonyl (C=O) groups is 1. The molecule has 0 fully saturated rings. The maximum atomic E-state index is 10.6. The summed E-state index contributed by atoms with van der Waals surface area (Å²) in [6, 6.07) is 3.69. The van der Waals surface area contributed by atoms with Crippen LogP contribution in [0.15, 0.2) is 40.5 Å². The average molecular weight is 176 g/mol. The standard InChI is InChI=1S/C11H12O2/c1-9(5-6-10(2)12)8-11-4-3-7-13-11/h3-8H,1-2H3/b6-5+,9-8+. The minimum atomic E-state index is 0.0483. The van der Waals surface area contributed by atoms with Crippen molar-refractivity contribution in [1.29, 1.82) is 0 Å². The van der Waals surface area contributed by atoms with Crippen molar-refractivity contribution in [2.45, 2.75) is 13.8 Å². The second kappa shape index (κ2) is 4.45. The first-order valence-corrected chi connectivity index (χ1v) is 4.09. The molecule has 1 heterocycles. The highest BCUT2D eigenvalue weighted by atomic mass is 16.3. The normalized spacial score (nSPS) is 12.3. The van der Waals surface area contributed by atoms with Gasteiger partial charge in [-0.3, -0.25) is 4.79 Å². The van der Waals surface area contributed by atoms with E-state index < -0.39 is 0 Å². The molecule has 0 N–H and O–H groups in total. The molecule has 0 radical (unpaired) electrons. The lowest BCUT2D eigenvalue weighted by molar-refractivity contribution is -0.112. The third-order valence-corrected chi connectivity index (χ3v) is 1.49. The molecule has 0 bridgehead atoms. The molecule has 1 rings (SSSR count). The lowest BCUT2D eigenvalue weighted by atomic mass is 10.2. The molecule has 0 aromatic carbocycles. The van der Waals surface area contributed by atoms with Crippen molar-refractivity contribution >= 4 is 11.9 Å². The lowest BCUT2D eigenvalue weighted by Crippen LogP contribution is -1.79. The molecule has 0 aliphatic rings. The second-order valence-corrected chi connectivity index (χ2v) is 2.85. The number of allylic oxidation sites excluding steroid dienone is 3. The summed E-state index contributed by atoms with van der Waals surface area (Å²) in [4.78, 5) is 10.6. The first-order chi connectivity index (χ1) is 6.18. The number of carbonyl (C=O) groups excluding carboxylic acids is 1. The van der Waals surface area contributed by atoms with Gasteiger partial charge in [-0.25, -0.2) is 0 Å². The van der Waals surface area contributed by atoms with Crippen LogP contribution in [0.25, 0.3) is 6.08 Å². The molecule has 0 aliphatic heterocycles. The Labute approximate surface area is 77.6 Å². The van der Waals surface area contributed by atoms with Crippen LogP contribution in [0.2, 0.25) is 0 Å². The van der Waals surface area contributed by atoms with Gasteiger partial charge in [-0.2, -0.15) is 0 Å². The van der Waals surface area contributed by atoms with E-state index in [0.29, 0.717) is 0 Å². The Kier molecular flexibility index (Phi) is 3.26. The smallest absolute Gasteiger partial charge is 0.152 e. The van der Waals surface area contributed by atoms with E-state index in [4.69, 9.17) is 4.42 Å². The minimum absolute atomic E-state index is 0.0483. The molecule has 0 aliphatic carbocycles. The Hall–Kier alpha value is -1.57. The molecule has 0 saturated carbocycles. The molecule has 0 atom stereocenters. The highest BCUT2D eigenvalue weighted by Crippen LogP contribution is 2.07. The summed E-state index contributed by atoms with van der Waals surface area (Å²) in [7, 11) is 0. The van der Waals surface area contributed by atoms with Crippen LogP contribution >= 0.6 is 0 Å². The first-order valence-electron chi connectivity index (χ1n) is 4.09. The third-order valence-electron chi connectivity index (χ3n) is 1.49. The zero-order valence-electron chi connectivity index (χ0n) is 7.78. The van der Waals surface area contributed by atoms with Gasteiger partial charge in [0.1, 0.15) is 5.76 Å². The third kappa shape index (κ3) is 3.56. The van der Waals surface area contributed by atoms with Crippen LogP contribution in [-0.2, 0) is 4.79 Å². The Morgan fingerprint density at radius 2 is 2.15 bits per heavy atom. The average Bonchev–Trinajstić information content (AvgIpc) is 2.53. The summed E-state index contributed by atoms with van der Waals surface area (Å²) < 4.78 is 5.12. The van der Waals surface area contributed by atoms with Crippen LogP contribution in [0.1, 0.15) is 19.6 Å². The monoisotopic (exact) mass is 176 g/mol. The zero-order valence-corrected chi connectivity index (χ0v) is 7.78. The van der Waals surface area contributed by atoms with Crippen molar-refractivity contribution in [3.8, 4) is 0 Å². The van der Waals surface area contributed by atoms with E-state index in [0.717, 1.165) is 11.3 Å². The van der Waals surface area contributed by atoms with E-state index in [1.165, 1.54) is 13.0 Å². The van der Waals surface area contributed by atoms with Gasteiger partial charge in [-0.1, -0.05) is 6.08 Å². The predicted octanol–water partition coefficient (Wildman–Crippen LogP) is 2.83. The molecule has 1 aromatic rings. The van der Waals surface area contributed by atoms with Crippen LogP contribution in [0.5, 0.6) is 0 Å². The topological polar surface area (TPSA) is 30.2 Å². The van der Waals surface area contributed by atoms with Gasteiger partial charge in [-0.05, 0) is 43.7 Å². The Balaban J connectivity index is 2.67. The number of hydrogen-bond acceptors (Lipinski definition) is 2. The fourth-order valence-corrected chi connectivity index (χ4v) is 0.895. The number of hydrogen-bond donors (Lipinski definition) is 0. The van der Waals surface area contributed by atoms with Crippen molar-refractivity contribution in [3.63, 3.8) is 0 Å². The van der Waals surface area contributed by atoms with E-state index >= 15 is 0 Å². The summed E-state index contributed by atoms with van der Waals surface area (Å²) in [5.41, 5.74) is 0.991. The quantitative estimate of drug-likeness (QED) is 0.523. The summed E-state index contributed by atoms with van der Waals surface area (Å²) in [6.07, 6.45) is 6.80. The Morgan fingerprint density at radius 1 is 1.38 bits per heavy atom. The van der Waals surface area contributed by atoms with E-state index in [1.807, 2.05) is 25.1 Å². The Bertz CT molecular complexity index is 329. The van der Waals surface area contributed by atoms with Gasteiger partial charge in [0.05, 0.1) is 6.26 Å². The summed E-state index contributed by atoms with van der Waals surface area (Å²) in [6.45, 7) is 3.44. The molecular formula is C11H12O2. The lowest BCUT2D eigenvalue weighted by Gasteiger charge is -1.89. The first kappa shape index (κ1) is 9.52. The number of rotatable bonds is 3. The molecule has 0 amide bonds. The highest BCUT2D eigenvalue weighted by Gasteiger charge is 1.90. The molecule has 0 unspecified atom stereocenters. The summed E-state index contributed by atoms with van der Waals surface area (Å²) >= 11 is 0. The van der Waals surface area contributed by atoms with E-state index in [1.54, 1.807) is 12.3 Å². The SMILES string of the molecule is CC(=O)/C=C/C(C)=C/c1ccco1. The van der Waals surface area contributed by atoms with Gasteiger partial charge in [0.15, 0.2) is 5.78 Å². The Morgan fingerprint density at radius 3 is 2.69 bits per heavy atom. The van der Waals surface area contributed by atoms with Crippen molar-refractivity contribution in [2.24, 2.45) is 0 Å². The maximum absolute atomic E-state index is 10.6. The van der Waals surface area contributed by atoms with Gasteiger partial charge in [0.25, 0.3) is 0 Å².